The topological polar surface area (TPSA) is 92.9 Å². The molecule has 154 valence electrons. The fourth-order valence-electron chi connectivity index (χ4n) is 3.22. The molecule has 8 heteroatoms. The molecule has 0 aliphatic rings. The number of carboxylic acids is 1. The number of carbonyl (C=O) groups is 2. The minimum Gasteiger partial charge on any atom is -0.496 e. The van der Waals surface area contributed by atoms with E-state index < -0.39 is 11.9 Å². The number of aromatic carboxylic acids is 1. The zero-order valence-corrected chi connectivity index (χ0v) is 18.2. The number of carbonyl (C=O) groups excluding carboxylic acids is 1. The first-order valence-corrected chi connectivity index (χ1v) is 9.81. The molecular weight excluding hydrogens is 450 g/mol. The third kappa shape index (κ3) is 4.28. The monoisotopic (exact) mass is 469 g/mol. The lowest BCUT2D eigenvalue weighted by Gasteiger charge is -2.12. The Labute approximate surface area is 182 Å². The van der Waals surface area contributed by atoms with Crippen molar-refractivity contribution in [2.75, 3.05) is 7.11 Å². The number of nitrogens with one attached hydrogen (secondary N) is 1. The highest BCUT2D eigenvalue weighted by atomic mass is 79.9. The molecule has 0 aliphatic heterocycles. The number of aromatic nitrogens is 1. The van der Waals surface area contributed by atoms with Gasteiger partial charge in [-0.2, -0.15) is 5.10 Å². The van der Waals surface area contributed by atoms with Crippen LogP contribution in [0.15, 0.2) is 58.1 Å². The van der Waals surface area contributed by atoms with Crippen LogP contribution in [-0.4, -0.2) is 34.9 Å². The highest BCUT2D eigenvalue weighted by molar-refractivity contribution is 9.10. The summed E-state index contributed by atoms with van der Waals surface area (Å²) in [5, 5.41) is 13.6. The van der Waals surface area contributed by atoms with Gasteiger partial charge in [-0.1, -0.05) is 28.1 Å². The van der Waals surface area contributed by atoms with Gasteiger partial charge in [0, 0.05) is 21.4 Å². The summed E-state index contributed by atoms with van der Waals surface area (Å²) < 4.78 is 7.82. The third-order valence-corrected chi connectivity index (χ3v) is 5.11. The molecule has 30 heavy (non-hydrogen) atoms. The molecule has 0 spiro atoms. The number of halogens is 1. The van der Waals surface area contributed by atoms with Crippen molar-refractivity contribution < 1.29 is 19.4 Å². The van der Waals surface area contributed by atoms with E-state index in [1.165, 1.54) is 13.3 Å². The van der Waals surface area contributed by atoms with Gasteiger partial charge in [0.15, 0.2) is 0 Å². The van der Waals surface area contributed by atoms with Gasteiger partial charge in [0.25, 0.3) is 5.91 Å². The fraction of sp³-hybridized carbons (Fsp3) is 0.136. The van der Waals surface area contributed by atoms with E-state index in [9.17, 15) is 14.7 Å². The second-order valence-corrected chi connectivity index (χ2v) is 7.44. The molecule has 3 aromatic rings. The minimum absolute atomic E-state index is 0.206. The second kappa shape index (κ2) is 8.96. The van der Waals surface area contributed by atoms with Crippen molar-refractivity contribution in [1.82, 2.24) is 9.99 Å². The zero-order chi connectivity index (χ0) is 21.8. The maximum atomic E-state index is 12.5. The number of carboxylic acid groups (broad SMARTS) is 1. The van der Waals surface area contributed by atoms with E-state index in [1.54, 1.807) is 42.5 Å². The normalized spacial score (nSPS) is 10.9. The quantitative estimate of drug-likeness (QED) is 0.415. The van der Waals surface area contributed by atoms with Gasteiger partial charge in [-0.25, -0.2) is 10.2 Å². The van der Waals surface area contributed by atoms with E-state index in [0.717, 1.165) is 21.4 Å². The van der Waals surface area contributed by atoms with Gasteiger partial charge >= 0.3 is 5.97 Å². The summed E-state index contributed by atoms with van der Waals surface area (Å²) in [7, 11) is 1.49. The van der Waals surface area contributed by atoms with Gasteiger partial charge in [0.05, 0.1) is 30.1 Å². The number of methoxy groups -OCH3 is 1. The number of hydrogen-bond acceptors (Lipinski definition) is 4. The van der Waals surface area contributed by atoms with Crippen LogP contribution in [0.2, 0.25) is 0 Å². The summed E-state index contributed by atoms with van der Waals surface area (Å²) in [4.78, 5) is 24.1. The van der Waals surface area contributed by atoms with Gasteiger partial charge < -0.3 is 14.4 Å². The van der Waals surface area contributed by atoms with Crippen molar-refractivity contribution >= 4 is 34.0 Å². The van der Waals surface area contributed by atoms with Crippen LogP contribution < -0.4 is 10.2 Å². The summed E-state index contributed by atoms with van der Waals surface area (Å²) in [6.45, 7) is 3.75. The maximum Gasteiger partial charge on any atom is 0.337 e. The molecule has 0 saturated heterocycles. The number of hydrazone groups is 1. The van der Waals surface area contributed by atoms with Crippen molar-refractivity contribution in [2.24, 2.45) is 5.10 Å². The fourth-order valence-corrected chi connectivity index (χ4v) is 3.58. The largest absolute Gasteiger partial charge is 0.496 e. The standard InChI is InChI=1S/C22H20BrN3O4/c1-13-10-15(14(2)26(13)19-7-5-4-6-17(19)22(28)29)12-24-25-21(27)18-11-16(23)8-9-20(18)30-3/h4-12H,1-3H3,(H,25,27)(H,28,29)/b24-12-. The molecule has 0 aliphatic carbocycles. The summed E-state index contributed by atoms with van der Waals surface area (Å²) in [6, 6.07) is 13.8. The molecule has 7 nitrogen and oxygen atoms in total. The number of rotatable bonds is 6. The number of amides is 1. The van der Waals surface area contributed by atoms with Crippen LogP contribution in [-0.2, 0) is 0 Å². The Hall–Kier alpha value is -3.39. The van der Waals surface area contributed by atoms with Crippen LogP contribution in [0.25, 0.3) is 5.69 Å². The third-order valence-electron chi connectivity index (χ3n) is 4.62. The Morgan fingerprint density at radius 1 is 1.13 bits per heavy atom. The molecule has 1 heterocycles. The molecule has 2 aromatic carbocycles. The number of ether oxygens (including phenoxy) is 1. The molecule has 0 fully saturated rings. The highest BCUT2D eigenvalue weighted by Gasteiger charge is 2.16. The van der Waals surface area contributed by atoms with Crippen molar-refractivity contribution in [3.05, 3.63) is 81.1 Å². The first-order valence-electron chi connectivity index (χ1n) is 9.02. The van der Waals surface area contributed by atoms with Crippen LogP contribution >= 0.6 is 15.9 Å². The van der Waals surface area contributed by atoms with Crippen LogP contribution in [0.5, 0.6) is 5.75 Å². The Kier molecular flexibility index (Phi) is 6.37. The molecule has 0 atom stereocenters. The van der Waals surface area contributed by atoms with Crippen molar-refractivity contribution in [3.63, 3.8) is 0 Å². The number of benzene rings is 2. The van der Waals surface area contributed by atoms with Gasteiger partial charge in [-0.05, 0) is 50.2 Å². The summed E-state index contributed by atoms with van der Waals surface area (Å²) >= 11 is 3.34. The molecule has 1 aromatic heterocycles. The Bertz CT molecular complexity index is 1150. The first-order chi connectivity index (χ1) is 14.3. The van der Waals surface area contributed by atoms with E-state index in [-0.39, 0.29) is 5.56 Å². The summed E-state index contributed by atoms with van der Waals surface area (Å²) in [6.07, 6.45) is 1.53. The van der Waals surface area contributed by atoms with E-state index in [2.05, 4.69) is 26.5 Å². The van der Waals surface area contributed by atoms with Crippen LogP contribution in [0, 0.1) is 13.8 Å². The lowest BCUT2D eigenvalue weighted by Crippen LogP contribution is -2.18. The predicted molar refractivity (Wildman–Crippen MR) is 118 cm³/mol. The average molecular weight is 470 g/mol. The summed E-state index contributed by atoms with van der Waals surface area (Å²) in [5.74, 6) is -0.965. The van der Waals surface area contributed by atoms with E-state index in [1.807, 2.05) is 24.5 Å². The predicted octanol–water partition coefficient (Wildman–Crippen LogP) is 4.33. The highest BCUT2D eigenvalue weighted by Crippen LogP contribution is 2.24. The maximum absolute atomic E-state index is 12.5. The van der Waals surface area contributed by atoms with Crippen molar-refractivity contribution in [2.45, 2.75) is 13.8 Å². The zero-order valence-electron chi connectivity index (χ0n) is 16.6. The molecule has 3 rings (SSSR count). The van der Waals surface area contributed by atoms with Gasteiger partial charge in [-0.15, -0.1) is 0 Å². The van der Waals surface area contributed by atoms with Crippen LogP contribution in [0.3, 0.4) is 0 Å². The second-order valence-electron chi connectivity index (χ2n) is 6.53. The number of hydrogen-bond donors (Lipinski definition) is 2. The Morgan fingerprint density at radius 2 is 1.87 bits per heavy atom. The van der Waals surface area contributed by atoms with Gasteiger partial charge in [0.2, 0.25) is 0 Å². The van der Waals surface area contributed by atoms with Crippen LogP contribution in [0.4, 0.5) is 0 Å². The molecule has 0 bridgehead atoms. The lowest BCUT2D eigenvalue weighted by molar-refractivity contribution is 0.0696. The van der Waals surface area contributed by atoms with E-state index in [0.29, 0.717) is 17.0 Å². The molecular formula is C22H20BrN3O4. The van der Waals surface area contributed by atoms with E-state index in [4.69, 9.17) is 4.74 Å². The Balaban J connectivity index is 1.87. The lowest BCUT2D eigenvalue weighted by atomic mass is 10.1. The van der Waals surface area contributed by atoms with E-state index >= 15 is 0 Å². The van der Waals surface area contributed by atoms with Crippen molar-refractivity contribution in [3.8, 4) is 11.4 Å². The first kappa shape index (κ1) is 21.3. The molecule has 2 N–H and O–H groups in total. The molecule has 0 unspecified atom stereocenters. The molecule has 0 radical (unpaired) electrons. The smallest absolute Gasteiger partial charge is 0.337 e. The average Bonchev–Trinajstić information content (AvgIpc) is 3.00. The van der Waals surface area contributed by atoms with Crippen molar-refractivity contribution in [1.29, 1.82) is 0 Å². The molecule has 0 saturated carbocycles. The SMILES string of the molecule is COc1ccc(Br)cc1C(=O)N/N=C\c1cc(C)n(-c2ccccc2C(=O)O)c1C. The number of nitrogens with zero attached hydrogens (tertiary/aromatic N) is 2. The number of aryl methyl sites for hydroxylation is 1. The van der Waals surface area contributed by atoms with Crippen LogP contribution in [0.1, 0.15) is 37.7 Å². The number of para-hydroxylation sites is 1. The van der Waals surface area contributed by atoms with Gasteiger partial charge in [-0.3, -0.25) is 4.79 Å². The summed E-state index contributed by atoms with van der Waals surface area (Å²) in [5.41, 5.74) is 6.04. The molecule has 1 amide bonds. The van der Waals surface area contributed by atoms with Gasteiger partial charge in [0.1, 0.15) is 5.75 Å². The Morgan fingerprint density at radius 3 is 2.57 bits per heavy atom. The minimum atomic E-state index is -0.997.